The van der Waals surface area contributed by atoms with Crippen LogP contribution < -0.4 is 14.8 Å². The van der Waals surface area contributed by atoms with E-state index in [2.05, 4.69) is 39.4 Å². The second-order valence-electron chi connectivity index (χ2n) is 8.38. The van der Waals surface area contributed by atoms with E-state index in [1.807, 2.05) is 30.3 Å². The number of methoxy groups -OCH3 is 1. The van der Waals surface area contributed by atoms with Crippen molar-refractivity contribution in [2.24, 2.45) is 0 Å². The van der Waals surface area contributed by atoms with Crippen LogP contribution in [0.2, 0.25) is 0 Å². The molecule has 0 aliphatic rings. The number of carbonyl (C=O) groups is 2. The van der Waals surface area contributed by atoms with Gasteiger partial charge < -0.3 is 19.5 Å². The number of hydrogen-bond acceptors (Lipinski definition) is 6. The molecular formula is C31H25BrN2O5. The van der Waals surface area contributed by atoms with Gasteiger partial charge in [-0.3, -0.25) is 4.79 Å². The molecule has 0 saturated heterocycles. The maximum absolute atomic E-state index is 12.8. The first-order valence-electron chi connectivity index (χ1n) is 12.1. The normalized spacial score (nSPS) is 11.0. The minimum Gasteiger partial charge on any atom is -0.493 e. The summed E-state index contributed by atoms with van der Waals surface area (Å²) in [5.74, 6) is -0.0832. The van der Waals surface area contributed by atoms with Crippen LogP contribution in [0.4, 0.5) is 5.69 Å². The Morgan fingerprint density at radius 3 is 2.49 bits per heavy atom. The largest absolute Gasteiger partial charge is 0.493 e. The van der Waals surface area contributed by atoms with Crippen molar-refractivity contribution in [2.75, 3.05) is 19.0 Å². The van der Waals surface area contributed by atoms with Gasteiger partial charge in [-0.15, -0.1) is 0 Å². The van der Waals surface area contributed by atoms with Gasteiger partial charge in [-0.25, -0.2) is 4.79 Å². The highest BCUT2D eigenvalue weighted by atomic mass is 79.9. The van der Waals surface area contributed by atoms with Crippen molar-refractivity contribution in [3.05, 3.63) is 106 Å². The number of carbonyl (C=O) groups excluding carboxylic acids is 2. The van der Waals surface area contributed by atoms with Crippen LogP contribution in [0.5, 0.6) is 11.5 Å². The molecule has 0 aliphatic heterocycles. The SMILES string of the molecule is CCOC(=O)c1ccc(NC(=O)/C(C#N)=C/c2cc(Br)c(OCc3cccc4ccccc34)c(OC)c2)cc1. The standard InChI is InChI=1S/C31H25BrN2O5/c1-3-38-31(36)22-11-13-25(14-12-22)34-30(35)24(18-33)15-20-16-27(32)29(28(17-20)37-2)39-19-23-9-6-8-21-7-4-5-10-26(21)23/h4-17H,3,19H2,1-2H3,(H,34,35)/b24-15+. The topological polar surface area (TPSA) is 97.7 Å². The van der Waals surface area contributed by atoms with E-state index in [1.165, 1.54) is 13.2 Å². The zero-order chi connectivity index (χ0) is 27.8. The fraction of sp³-hybridized carbons (Fsp3) is 0.129. The Morgan fingerprint density at radius 2 is 1.77 bits per heavy atom. The molecule has 4 rings (SSSR count). The summed E-state index contributed by atoms with van der Waals surface area (Å²) in [4.78, 5) is 24.6. The van der Waals surface area contributed by atoms with E-state index >= 15 is 0 Å². The lowest BCUT2D eigenvalue weighted by Gasteiger charge is -2.15. The maximum Gasteiger partial charge on any atom is 0.338 e. The van der Waals surface area contributed by atoms with Crippen LogP contribution in [0.25, 0.3) is 16.8 Å². The van der Waals surface area contributed by atoms with Gasteiger partial charge in [0.25, 0.3) is 5.91 Å². The third-order valence-electron chi connectivity index (χ3n) is 5.83. The van der Waals surface area contributed by atoms with E-state index < -0.39 is 11.9 Å². The molecule has 196 valence electrons. The zero-order valence-corrected chi connectivity index (χ0v) is 22.9. The molecule has 8 heteroatoms. The number of ether oxygens (including phenoxy) is 3. The first kappa shape index (κ1) is 27.4. The quantitative estimate of drug-likeness (QED) is 0.130. The van der Waals surface area contributed by atoms with Crippen molar-refractivity contribution in [3.8, 4) is 17.6 Å². The Morgan fingerprint density at radius 1 is 1.03 bits per heavy atom. The predicted octanol–water partition coefficient (Wildman–Crippen LogP) is 6.91. The Bertz CT molecular complexity index is 1580. The van der Waals surface area contributed by atoms with Gasteiger partial charge in [-0.05, 0) is 87.2 Å². The molecule has 7 nitrogen and oxygen atoms in total. The molecule has 1 amide bonds. The van der Waals surface area contributed by atoms with Crippen molar-refractivity contribution in [2.45, 2.75) is 13.5 Å². The van der Waals surface area contributed by atoms with Crippen LogP contribution >= 0.6 is 15.9 Å². The lowest BCUT2D eigenvalue weighted by molar-refractivity contribution is -0.112. The van der Waals surface area contributed by atoms with E-state index in [4.69, 9.17) is 14.2 Å². The number of benzene rings is 4. The van der Waals surface area contributed by atoms with Gasteiger partial charge >= 0.3 is 5.97 Å². The van der Waals surface area contributed by atoms with Gasteiger partial charge in [0.15, 0.2) is 11.5 Å². The summed E-state index contributed by atoms with van der Waals surface area (Å²) in [6.07, 6.45) is 1.46. The Kier molecular flexibility index (Phi) is 8.97. The minimum atomic E-state index is -0.590. The highest BCUT2D eigenvalue weighted by Crippen LogP contribution is 2.38. The van der Waals surface area contributed by atoms with Gasteiger partial charge in [0.05, 0.1) is 23.8 Å². The first-order valence-corrected chi connectivity index (χ1v) is 12.9. The first-order chi connectivity index (χ1) is 18.9. The maximum atomic E-state index is 12.8. The van der Waals surface area contributed by atoms with E-state index in [0.29, 0.717) is 39.4 Å². The van der Waals surface area contributed by atoms with Crippen molar-refractivity contribution >= 4 is 50.3 Å². The predicted molar refractivity (Wildman–Crippen MR) is 154 cm³/mol. The minimum absolute atomic E-state index is 0.108. The van der Waals surface area contributed by atoms with Crippen molar-refractivity contribution < 1.29 is 23.8 Å². The summed E-state index contributed by atoms with van der Waals surface area (Å²) in [5, 5.41) is 14.6. The highest BCUT2D eigenvalue weighted by Gasteiger charge is 2.15. The van der Waals surface area contributed by atoms with E-state index in [9.17, 15) is 14.9 Å². The Hall–Kier alpha value is -4.61. The molecule has 0 unspecified atom stereocenters. The Balaban J connectivity index is 1.51. The average Bonchev–Trinajstić information content (AvgIpc) is 2.95. The number of rotatable bonds is 9. The molecule has 0 fully saturated rings. The summed E-state index contributed by atoms with van der Waals surface area (Å²) < 4.78 is 17.3. The number of nitriles is 1. The molecule has 0 aromatic heterocycles. The smallest absolute Gasteiger partial charge is 0.338 e. The zero-order valence-electron chi connectivity index (χ0n) is 21.4. The van der Waals surface area contributed by atoms with Gasteiger partial charge in [0, 0.05) is 5.69 Å². The van der Waals surface area contributed by atoms with Crippen LogP contribution in [-0.2, 0) is 16.1 Å². The van der Waals surface area contributed by atoms with Gasteiger partial charge in [0.1, 0.15) is 18.2 Å². The Labute approximate surface area is 234 Å². The van der Waals surface area contributed by atoms with E-state index in [0.717, 1.165) is 16.3 Å². The molecule has 0 saturated carbocycles. The number of amides is 1. The number of esters is 1. The van der Waals surface area contributed by atoms with Crippen molar-refractivity contribution in [3.63, 3.8) is 0 Å². The van der Waals surface area contributed by atoms with E-state index in [1.54, 1.807) is 43.3 Å². The number of hydrogen-bond donors (Lipinski definition) is 1. The number of anilines is 1. The number of halogens is 1. The third kappa shape index (κ3) is 6.64. The fourth-order valence-corrected chi connectivity index (χ4v) is 4.52. The summed E-state index contributed by atoms with van der Waals surface area (Å²) in [6.45, 7) is 2.32. The van der Waals surface area contributed by atoms with Crippen LogP contribution in [0, 0.1) is 11.3 Å². The summed E-state index contributed by atoms with van der Waals surface area (Å²) in [6, 6.07) is 25.8. The van der Waals surface area contributed by atoms with Crippen molar-refractivity contribution in [1.82, 2.24) is 0 Å². The molecule has 4 aromatic rings. The van der Waals surface area contributed by atoms with E-state index in [-0.39, 0.29) is 12.2 Å². The number of fused-ring (bicyclic) bond motifs is 1. The molecule has 1 N–H and O–H groups in total. The van der Waals surface area contributed by atoms with Gasteiger partial charge in [0.2, 0.25) is 0 Å². The van der Waals surface area contributed by atoms with Crippen LogP contribution in [-0.4, -0.2) is 25.6 Å². The number of nitrogens with one attached hydrogen (secondary N) is 1. The fourth-order valence-electron chi connectivity index (χ4n) is 3.95. The molecular weight excluding hydrogens is 560 g/mol. The highest BCUT2D eigenvalue weighted by molar-refractivity contribution is 9.10. The number of nitrogens with zero attached hydrogens (tertiary/aromatic N) is 1. The lowest BCUT2D eigenvalue weighted by Crippen LogP contribution is -2.13. The average molecular weight is 585 g/mol. The summed E-state index contributed by atoms with van der Waals surface area (Å²) in [5.41, 5.74) is 2.30. The molecule has 0 aliphatic carbocycles. The van der Waals surface area contributed by atoms with Crippen molar-refractivity contribution in [1.29, 1.82) is 5.26 Å². The third-order valence-corrected chi connectivity index (χ3v) is 6.42. The molecule has 0 radical (unpaired) electrons. The molecule has 4 aromatic carbocycles. The monoisotopic (exact) mass is 584 g/mol. The van der Waals surface area contributed by atoms with Crippen LogP contribution in [0.3, 0.4) is 0 Å². The lowest BCUT2D eigenvalue weighted by atomic mass is 10.1. The second kappa shape index (κ2) is 12.8. The van der Waals surface area contributed by atoms with Crippen LogP contribution in [0.15, 0.2) is 88.9 Å². The second-order valence-corrected chi connectivity index (χ2v) is 9.24. The molecule has 0 atom stereocenters. The molecule has 0 bridgehead atoms. The molecule has 0 spiro atoms. The summed E-state index contributed by atoms with van der Waals surface area (Å²) >= 11 is 3.54. The molecule has 39 heavy (non-hydrogen) atoms. The van der Waals surface area contributed by atoms with Crippen LogP contribution in [0.1, 0.15) is 28.4 Å². The van der Waals surface area contributed by atoms with Gasteiger partial charge in [-0.1, -0.05) is 42.5 Å². The van der Waals surface area contributed by atoms with Gasteiger partial charge in [-0.2, -0.15) is 5.26 Å². The molecule has 0 heterocycles. The summed E-state index contributed by atoms with van der Waals surface area (Å²) in [7, 11) is 1.53.